The molecule has 1 aliphatic rings. The lowest BCUT2D eigenvalue weighted by atomic mass is 9.88. The summed E-state index contributed by atoms with van der Waals surface area (Å²) in [5, 5.41) is 9.72. The van der Waals surface area contributed by atoms with Crippen molar-refractivity contribution >= 4 is 17.2 Å². The number of likely N-dealkylation sites (tertiary alicyclic amines) is 1. The highest BCUT2D eigenvalue weighted by Crippen LogP contribution is 2.30. The normalized spacial score (nSPS) is 26.3. The van der Waals surface area contributed by atoms with Crippen LogP contribution < -0.4 is 0 Å². The van der Waals surface area contributed by atoms with Crippen LogP contribution in [0.1, 0.15) is 47.0 Å². The molecule has 0 aromatic heterocycles. The first-order chi connectivity index (χ1) is 6.88. The third kappa shape index (κ3) is 2.91. The number of β-amino-alcohol motifs (C(OH)–C–C–N with tert-alkyl or cyclic N) is 1. The Balaban J connectivity index is 2.53. The quantitative estimate of drug-likeness (QED) is 0.753. The van der Waals surface area contributed by atoms with Gasteiger partial charge in [0.05, 0.1) is 17.1 Å². The van der Waals surface area contributed by atoms with Crippen molar-refractivity contribution in [1.29, 1.82) is 0 Å². The lowest BCUT2D eigenvalue weighted by molar-refractivity contribution is -0.0244. The number of hydrogen-bond donors (Lipinski definition) is 1. The molecule has 3 heteroatoms. The molecule has 0 aliphatic carbocycles. The molecule has 88 valence electrons. The average molecular weight is 229 g/mol. The highest BCUT2D eigenvalue weighted by Gasteiger charge is 2.40. The molecule has 0 aromatic carbocycles. The minimum atomic E-state index is -0.170. The van der Waals surface area contributed by atoms with E-state index >= 15 is 0 Å². The number of aliphatic hydroxyl groups is 1. The molecular formula is C12H23NOS. The van der Waals surface area contributed by atoms with Crippen LogP contribution in [0.4, 0.5) is 0 Å². The first kappa shape index (κ1) is 12.9. The molecule has 15 heavy (non-hydrogen) atoms. The molecule has 1 N–H and O–H groups in total. The number of nitrogens with zero attached hydrogens (tertiary/aromatic N) is 1. The van der Waals surface area contributed by atoms with Crippen LogP contribution >= 0.6 is 12.2 Å². The number of unbranched alkanes of at least 4 members (excludes halogenated alkanes) is 1. The summed E-state index contributed by atoms with van der Waals surface area (Å²) in [7, 11) is 0. The first-order valence-corrected chi connectivity index (χ1v) is 6.28. The molecule has 2 nitrogen and oxygen atoms in total. The molecular weight excluding hydrogens is 206 g/mol. The molecule has 1 heterocycles. The highest BCUT2D eigenvalue weighted by atomic mass is 32.1. The smallest absolute Gasteiger partial charge is 0.0918 e. The third-order valence-electron chi connectivity index (χ3n) is 2.98. The molecule has 2 atom stereocenters. The molecule has 0 unspecified atom stereocenters. The van der Waals surface area contributed by atoms with E-state index in [9.17, 15) is 5.11 Å². The van der Waals surface area contributed by atoms with Crippen LogP contribution in [0.5, 0.6) is 0 Å². The summed E-state index contributed by atoms with van der Waals surface area (Å²) in [6, 6.07) is 0.275. The van der Waals surface area contributed by atoms with Gasteiger partial charge < -0.3 is 10.0 Å². The van der Waals surface area contributed by atoms with E-state index in [0.717, 1.165) is 18.0 Å². The van der Waals surface area contributed by atoms with Crippen molar-refractivity contribution in [2.75, 3.05) is 6.54 Å². The molecule has 0 radical (unpaired) electrons. The Morgan fingerprint density at radius 3 is 2.47 bits per heavy atom. The van der Waals surface area contributed by atoms with E-state index in [2.05, 4.69) is 32.6 Å². The average Bonchev–Trinajstić information content (AvgIpc) is 2.12. The van der Waals surface area contributed by atoms with Gasteiger partial charge in [-0.3, -0.25) is 0 Å². The Morgan fingerprint density at radius 1 is 1.47 bits per heavy atom. The molecule has 0 saturated carbocycles. The Hall–Kier alpha value is -0.150. The summed E-state index contributed by atoms with van der Waals surface area (Å²) in [5.41, 5.74) is 0.0416. The van der Waals surface area contributed by atoms with Crippen molar-refractivity contribution < 1.29 is 5.11 Å². The largest absolute Gasteiger partial charge is 0.389 e. The van der Waals surface area contributed by atoms with Crippen molar-refractivity contribution in [2.24, 2.45) is 5.41 Å². The van der Waals surface area contributed by atoms with E-state index in [-0.39, 0.29) is 17.6 Å². The van der Waals surface area contributed by atoms with Gasteiger partial charge in [0, 0.05) is 12.0 Å². The first-order valence-electron chi connectivity index (χ1n) is 5.87. The van der Waals surface area contributed by atoms with Crippen LogP contribution in [0.15, 0.2) is 0 Å². The van der Waals surface area contributed by atoms with Crippen LogP contribution in [-0.2, 0) is 0 Å². The topological polar surface area (TPSA) is 23.5 Å². The van der Waals surface area contributed by atoms with Crippen molar-refractivity contribution in [1.82, 2.24) is 4.90 Å². The maximum atomic E-state index is 9.72. The van der Waals surface area contributed by atoms with Crippen LogP contribution in [0.2, 0.25) is 0 Å². The predicted octanol–water partition coefficient (Wildman–Crippen LogP) is 2.60. The zero-order chi connectivity index (χ0) is 11.6. The number of thiocarbonyl (C=S) groups is 1. The van der Waals surface area contributed by atoms with Crippen molar-refractivity contribution in [3.63, 3.8) is 0 Å². The minimum absolute atomic E-state index is 0.0416. The molecule has 0 bridgehead atoms. The molecule has 1 aliphatic heterocycles. The maximum Gasteiger partial charge on any atom is 0.0918 e. The molecule has 1 saturated heterocycles. The highest BCUT2D eigenvalue weighted by molar-refractivity contribution is 7.80. The molecule has 0 amide bonds. The second kappa shape index (κ2) is 4.79. The van der Waals surface area contributed by atoms with Gasteiger partial charge in [-0.1, -0.05) is 52.8 Å². The van der Waals surface area contributed by atoms with E-state index < -0.39 is 0 Å². The summed E-state index contributed by atoms with van der Waals surface area (Å²) in [5.74, 6) is 0. The fourth-order valence-electron chi connectivity index (χ4n) is 1.95. The van der Waals surface area contributed by atoms with Gasteiger partial charge in [0.1, 0.15) is 0 Å². The monoisotopic (exact) mass is 229 g/mol. The Kier molecular flexibility index (Phi) is 4.13. The van der Waals surface area contributed by atoms with Crippen LogP contribution in [0, 0.1) is 5.41 Å². The summed E-state index contributed by atoms with van der Waals surface area (Å²) in [4.78, 5) is 3.20. The summed E-state index contributed by atoms with van der Waals surface area (Å²) >= 11 is 5.46. The van der Waals surface area contributed by atoms with Gasteiger partial charge in [-0.05, 0) is 6.42 Å². The number of hydrogen-bond acceptors (Lipinski definition) is 2. The molecule has 1 fully saturated rings. The van der Waals surface area contributed by atoms with E-state index in [1.54, 1.807) is 0 Å². The minimum Gasteiger partial charge on any atom is -0.389 e. The number of rotatable bonds is 3. The van der Waals surface area contributed by atoms with Gasteiger partial charge in [0.15, 0.2) is 0 Å². The van der Waals surface area contributed by atoms with Gasteiger partial charge in [-0.25, -0.2) is 0 Å². The number of aliphatic hydroxyl groups excluding tert-OH is 1. The zero-order valence-corrected chi connectivity index (χ0v) is 11.1. The second-order valence-electron chi connectivity index (χ2n) is 5.48. The summed E-state index contributed by atoms with van der Waals surface area (Å²) in [6.45, 7) is 9.31. The van der Waals surface area contributed by atoms with Gasteiger partial charge in [0.2, 0.25) is 0 Å². The molecule has 0 aromatic rings. The zero-order valence-electron chi connectivity index (χ0n) is 10.3. The molecule has 1 rings (SSSR count). The fraction of sp³-hybridized carbons (Fsp3) is 0.917. The fourth-order valence-corrected chi connectivity index (χ4v) is 2.16. The Bertz CT molecular complexity index is 234. The van der Waals surface area contributed by atoms with Crippen LogP contribution in [-0.4, -0.2) is 33.7 Å². The second-order valence-corrected chi connectivity index (χ2v) is 5.87. The lowest BCUT2D eigenvalue weighted by Crippen LogP contribution is -2.63. The SMILES string of the molecule is CCCC[C@@H]1[C@@H](O)CN1C(=S)C(C)(C)C. The van der Waals surface area contributed by atoms with E-state index in [1.807, 2.05) is 0 Å². The van der Waals surface area contributed by atoms with E-state index in [1.165, 1.54) is 12.8 Å². The van der Waals surface area contributed by atoms with Crippen molar-refractivity contribution in [3.8, 4) is 0 Å². The van der Waals surface area contributed by atoms with Gasteiger partial charge in [-0.2, -0.15) is 0 Å². The van der Waals surface area contributed by atoms with Gasteiger partial charge in [-0.15, -0.1) is 0 Å². The van der Waals surface area contributed by atoms with Gasteiger partial charge in [0.25, 0.3) is 0 Å². The van der Waals surface area contributed by atoms with Gasteiger partial charge >= 0.3 is 0 Å². The Labute approximate surface area is 98.7 Å². The van der Waals surface area contributed by atoms with E-state index in [4.69, 9.17) is 12.2 Å². The van der Waals surface area contributed by atoms with Crippen molar-refractivity contribution in [2.45, 2.75) is 59.1 Å². The van der Waals surface area contributed by atoms with E-state index in [0.29, 0.717) is 0 Å². The van der Waals surface area contributed by atoms with Crippen molar-refractivity contribution in [3.05, 3.63) is 0 Å². The standard InChI is InChI=1S/C12H23NOS/c1-5-6-7-9-10(14)8-13(9)11(15)12(2,3)4/h9-10,14H,5-8H2,1-4H3/t9-,10+/m1/s1. The lowest BCUT2D eigenvalue weighted by Gasteiger charge is -2.50. The maximum absolute atomic E-state index is 9.72. The third-order valence-corrected chi connectivity index (χ3v) is 3.83. The van der Waals surface area contributed by atoms with Crippen LogP contribution in [0.25, 0.3) is 0 Å². The van der Waals surface area contributed by atoms with Crippen LogP contribution in [0.3, 0.4) is 0 Å². The Morgan fingerprint density at radius 2 is 2.07 bits per heavy atom. The summed E-state index contributed by atoms with van der Waals surface area (Å²) < 4.78 is 0. The molecule has 0 spiro atoms. The predicted molar refractivity (Wildman–Crippen MR) is 68.1 cm³/mol. The summed E-state index contributed by atoms with van der Waals surface area (Å²) in [6.07, 6.45) is 3.25.